The fourth-order valence-corrected chi connectivity index (χ4v) is 3.37. The summed E-state index contributed by atoms with van der Waals surface area (Å²) in [7, 11) is 3.18. The van der Waals surface area contributed by atoms with Crippen molar-refractivity contribution in [2.75, 3.05) is 14.2 Å². The molecular formula is C22H19BrN4O3. The first-order chi connectivity index (χ1) is 14.6. The highest BCUT2D eigenvalue weighted by atomic mass is 79.9. The second-order valence-electron chi connectivity index (χ2n) is 6.53. The zero-order valence-electron chi connectivity index (χ0n) is 16.4. The molecule has 4 rings (SSSR count). The summed E-state index contributed by atoms with van der Waals surface area (Å²) in [5.41, 5.74) is 2.90. The summed E-state index contributed by atoms with van der Waals surface area (Å²) >= 11 is 3.43. The van der Waals surface area contributed by atoms with Gasteiger partial charge >= 0.3 is 0 Å². The number of amides is 1. The number of nitrogens with zero attached hydrogens (tertiary/aromatic N) is 3. The Morgan fingerprint density at radius 1 is 1.03 bits per heavy atom. The highest BCUT2D eigenvalue weighted by Gasteiger charge is 2.13. The number of pyridine rings is 1. The third-order valence-corrected chi connectivity index (χ3v) is 5.24. The van der Waals surface area contributed by atoms with Gasteiger partial charge in [0.05, 0.1) is 14.2 Å². The van der Waals surface area contributed by atoms with Crippen LogP contribution in [0, 0.1) is 0 Å². The molecular weight excluding hydrogens is 448 g/mol. The van der Waals surface area contributed by atoms with E-state index in [1.54, 1.807) is 38.6 Å². The van der Waals surface area contributed by atoms with Crippen LogP contribution in [0.15, 0.2) is 65.3 Å². The Morgan fingerprint density at radius 3 is 2.57 bits per heavy atom. The molecule has 0 aliphatic heterocycles. The van der Waals surface area contributed by atoms with Gasteiger partial charge in [-0.3, -0.25) is 9.20 Å². The van der Waals surface area contributed by atoms with Crippen molar-refractivity contribution >= 4 is 27.5 Å². The normalized spacial score (nSPS) is 10.8. The Labute approximate surface area is 181 Å². The SMILES string of the molecule is COc1ccc(CNC(=O)c2ccn3c(-c4ccc(Br)cc4)nnc3c2)c(OC)c1. The van der Waals surface area contributed by atoms with Gasteiger partial charge in [-0.05, 0) is 36.4 Å². The molecule has 0 saturated heterocycles. The molecule has 0 spiro atoms. The second-order valence-corrected chi connectivity index (χ2v) is 7.45. The number of aromatic nitrogens is 3. The molecule has 0 radical (unpaired) electrons. The van der Waals surface area contributed by atoms with E-state index in [4.69, 9.17) is 9.47 Å². The number of carbonyl (C=O) groups is 1. The van der Waals surface area contributed by atoms with Crippen molar-refractivity contribution in [3.8, 4) is 22.9 Å². The Hall–Kier alpha value is -3.39. The van der Waals surface area contributed by atoms with Crippen LogP contribution in [0.25, 0.3) is 17.0 Å². The van der Waals surface area contributed by atoms with E-state index in [0.29, 0.717) is 35.1 Å². The summed E-state index contributed by atoms with van der Waals surface area (Å²) in [5.74, 6) is 1.86. The smallest absolute Gasteiger partial charge is 0.251 e. The molecule has 0 saturated carbocycles. The zero-order valence-corrected chi connectivity index (χ0v) is 18.0. The Morgan fingerprint density at radius 2 is 1.83 bits per heavy atom. The highest BCUT2D eigenvalue weighted by Crippen LogP contribution is 2.25. The molecule has 0 aliphatic rings. The van der Waals surface area contributed by atoms with Crippen molar-refractivity contribution in [2.45, 2.75) is 6.54 Å². The van der Waals surface area contributed by atoms with Gasteiger partial charge in [0, 0.05) is 40.0 Å². The third-order valence-electron chi connectivity index (χ3n) is 4.71. The summed E-state index contributed by atoms with van der Waals surface area (Å²) in [6.45, 7) is 0.327. The fraction of sp³-hybridized carbons (Fsp3) is 0.136. The van der Waals surface area contributed by atoms with E-state index in [1.807, 2.05) is 40.8 Å². The van der Waals surface area contributed by atoms with Gasteiger partial charge in [-0.25, -0.2) is 0 Å². The minimum absolute atomic E-state index is 0.205. The van der Waals surface area contributed by atoms with E-state index in [-0.39, 0.29) is 5.91 Å². The monoisotopic (exact) mass is 466 g/mol. The summed E-state index contributed by atoms with van der Waals surface area (Å²) < 4.78 is 13.4. The van der Waals surface area contributed by atoms with E-state index in [2.05, 4.69) is 31.4 Å². The molecule has 30 heavy (non-hydrogen) atoms. The lowest BCUT2D eigenvalue weighted by Crippen LogP contribution is -2.23. The minimum Gasteiger partial charge on any atom is -0.497 e. The van der Waals surface area contributed by atoms with Crippen LogP contribution in [0.1, 0.15) is 15.9 Å². The van der Waals surface area contributed by atoms with Crippen LogP contribution in [0.5, 0.6) is 11.5 Å². The molecule has 152 valence electrons. The van der Waals surface area contributed by atoms with Crippen LogP contribution < -0.4 is 14.8 Å². The Kier molecular flexibility index (Phi) is 5.67. The van der Waals surface area contributed by atoms with Crippen LogP contribution >= 0.6 is 15.9 Å². The molecule has 2 aromatic carbocycles. The van der Waals surface area contributed by atoms with Crippen LogP contribution in [0.4, 0.5) is 0 Å². The highest BCUT2D eigenvalue weighted by molar-refractivity contribution is 9.10. The zero-order chi connectivity index (χ0) is 21.1. The van der Waals surface area contributed by atoms with Crippen LogP contribution in [0.3, 0.4) is 0 Å². The number of fused-ring (bicyclic) bond motifs is 1. The van der Waals surface area contributed by atoms with Gasteiger partial charge in [0.2, 0.25) is 0 Å². The predicted molar refractivity (Wildman–Crippen MR) is 117 cm³/mol. The van der Waals surface area contributed by atoms with Crippen molar-refractivity contribution in [3.05, 3.63) is 76.4 Å². The molecule has 2 heterocycles. The molecule has 7 nitrogen and oxygen atoms in total. The lowest BCUT2D eigenvalue weighted by atomic mass is 10.1. The number of hydrogen-bond acceptors (Lipinski definition) is 5. The number of benzene rings is 2. The number of hydrogen-bond donors (Lipinski definition) is 1. The molecule has 1 amide bonds. The van der Waals surface area contributed by atoms with Gasteiger partial charge in [-0.1, -0.05) is 28.1 Å². The maximum absolute atomic E-state index is 12.7. The maximum atomic E-state index is 12.7. The van der Waals surface area contributed by atoms with Crippen molar-refractivity contribution in [1.29, 1.82) is 0 Å². The largest absolute Gasteiger partial charge is 0.497 e. The van der Waals surface area contributed by atoms with Crippen molar-refractivity contribution in [2.24, 2.45) is 0 Å². The van der Waals surface area contributed by atoms with Gasteiger partial charge < -0.3 is 14.8 Å². The maximum Gasteiger partial charge on any atom is 0.251 e. The molecule has 8 heteroatoms. The van der Waals surface area contributed by atoms with E-state index in [0.717, 1.165) is 15.6 Å². The van der Waals surface area contributed by atoms with Gasteiger partial charge in [-0.15, -0.1) is 10.2 Å². The average molecular weight is 467 g/mol. The molecule has 4 aromatic rings. The molecule has 2 aromatic heterocycles. The molecule has 1 N–H and O–H groups in total. The lowest BCUT2D eigenvalue weighted by Gasteiger charge is -2.11. The summed E-state index contributed by atoms with van der Waals surface area (Å²) in [6, 6.07) is 16.8. The molecule has 0 bridgehead atoms. The molecule has 0 fully saturated rings. The molecule has 0 aliphatic carbocycles. The van der Waals surface area contributed by atoms with E-state index in [1.165, 1.54) is 0 Å². The lowest BCUT2D eigenvalue weighted by molar-refractivity contribution is 0.0950. The number of ether oxygens (including phenoxy) is 2. The predicted octanol–water partition coefficient (Wildman–Crippen LogP) is 4.11. The third kappa shape index (κ3) is 3.99. The quantitative estimate of drug-likeness (QED) is 0.462. The minimum atomic E-state index is -0.205. The van der Waals surface area contributed by atoms with E-state index < -0.39 is 0 Å². The summed E-state index contributed by atoms with van der Waals surface area (Å²) in [5, 5.41) is 11.4. The number of nitrogens with one attached hydrogen (secondary N) is 1. The summed E-state index contributed by atoms with van der Waals surface area (Å²) in [4.78, 5) is 12.7. The Balaban J connectivity index is 1.52. The van der Waals surface area contributed by atoms with Gasteiger partial charge in [0.25, 0.3) is 5.91 Å². The van der Waals surface area contributed by atoms with E-state index >= 15 is 0 Å². The van der Waals surface area contributed by atoms with Crippen molar-refractivity contribution in [3.63, 3.8) is 0 Å². The Bertz CT molecular complexity index is 1200. The van der Waals surface area contributed by atoms with Crippen LogP contribution in [-0.2, 0) is 6.54 Å². The number of carbonyl (C=O) groups excluding carboxylic acids is 1. The number of halogens is 1. The van der Waals surface area contributed by atoms with E-state index in [9.17, 15) is 4.79 Å². The van der Waals surface area contributed by atoms with Crippen LogP contribution in [0.2, 0.25) is 0 Å². The average Bonchev–Trinajstić information content (AvgIpc) is 3.21. The van der Waals surface area contributed by atoms with Gasteiger partial charge in [-0.2, -0.15) is 0 Å². The standard InChI is InChI=1S/C22H19BrN4O3/c1-29-18-8-5-16(19(12-18)30-2)13-24-22(28)15-9-10-27-20(11-15)25-26-21(27)14-3-6-17(23)7-4-14/h3-12H,13H2,1-2H3,(H,24,28). The molecule has 0 unspecified atom stereocenters. The molecule has 0 atom stereocenters. The fourth-order valence-electron chi connectivity index (χ4n) is 3.10. The van der Waals surface area contributed by atoms with Crippen LogP contribution in [-0.4, -0.2) is 34.7 Å². The first-order valence-electron chi connectivity index (χ1n) is 9.19. The van der Waals surface area contributed by atoms with Gasteiger partial charge in [0.15, 0.2) is 11.5 Å². The van der Waals surface area contributed by atoms with Crippen molar-refractivity contribution in [1.82, 2.24) is 19.9 Å². The summed E-state index contributed by atoms with van der Waals surface area (Å²) in [6.07, 6.45) is 1.80. The number of rotatable bonds is 6. The van der Waals surface area contributed by atoms with Gasteiger partial charge in [0.1, 0.15) is 11.5 Å². The van der Waals surface area contributed by atoms with Crippen molar-refractivity contribution < 1.29 is 14.3 Å². The number of methoxy groups -OCH3 is 2. The first kappa shape index (κ1) is 19.9. The second kappa shape index (κ2) is 8.54. The topological polar surface area (TPSA) is 77.8 Å². The first-order valence-corrected chi connectivity index (χ1v) is 9.98.